The molecule has 1 saturated heterocycles. The third-order valence-corrected chi connectivity index (χ3v) is 10.4. The van der Waals surface area contributed by atoms with E-state index in [1.807, 2.05) is 0 Å². The molecule has 5 aliphatic carbocycles. The molecule has 6 aliphatic rings. The topological polar surface area (TPSA) is 60.8 Å². The van der Waals surface area contributed by atoms with Crippen molar-refractivity contribution in [1.29, 1.82) is 0 Å². The summed E-state index contributed by atoms with van der Waals surface area (Å²) in [6.07, 6.45) is 3.50. The number of hydrogen-bond donors (Lipinski definition) is 2. The van der Waals surface area contributed by atoms with Crippen molar-refractivity contribution in [2.45, 2.75) is 64.2 Å². The predicted molar refractivity (Wildman–Crippen MR) is 97.2 cm³/mol. The molecular formula is C22H31NO3. The molecule has 1 aliphatic heterocycles. The maximum Gasteiger partial charge on any atom is 0.140 e. The Morgan fingerprint density at radius 2 is 2.08 bits per heavy atom. The summed E-state index contributed by atoms with van der Waals surface area (Å²) in [6, 6.07) is 0.331. The zero-order valence-electron chi connectivity index (χ0n) is 15.9. The van der Waals surface area contributed by atoms with Crippen LogP contribution < -0.4 is 0 Å². The van der Waals surface area contributed by atoms with Crippen molar-refractivity contribution in [1.82, 2.24) is 4.90 Å². The minimum absolute atomic E-state index is 0.130. The van der Waals surface area contributed by atoms with Crippen LogP contribution in [0.15, 0.2) is 12.2 Å². The van der Waals surface area contributed by atoms with Gasteiger partial charge in [0.05, 0.1) is 12.2 Å². The van der Waals surface area contributed by atoms with Crippen LogP contribution in [0.5, 0.6) is 0 Å². The van der Waals surface area contributed by atoms with Gasteiger partial charge in [0.2, 0.25) is 0 Å². The number of carbonyl (C=O) groups is 1. The first-order chi connectivity index (χ1) is 12.3. The molecule has 0 amide bonds. The second-order valence-corrected chi connectivity index (χ2v) is 10.7. The van der Waals surface area contributed by atoms with Crippen LogP contribution in [-0.4, -0.2) is 52.2 Å². The lowest BCUT2D eigenvalue weighted by Crippen LogP contribution is -2.68. The Morgan fingerprint density at radius 3 is 2.81 bits per heavy atom. The lowest BCUT2D eigenvalue weighted by atomic mass is 9.43. The fourth-order valence-electron chi connectivity index (χ4n) is 9.75. The number of fused-ring (bicyclic) bond motifs is 1. The number of rotatable bonds is 1. The van der Waals surface area contributed by atoms with Crippen molar-refractivity contribution in [3.63, 3.8) is 0 Å². The Balaban J connectivity index is 1.62. The summed E-state index contributed by atoms with van der Waals surface area (Å²) in [7, 11) is 0. The lowest BCUT2D eigenvalue weighted by molar-refractivity contribution is -0.211. The number of carbonyl (C=O) groups excluding carboxylic acids is 1. The van der Waals surface area contributed by atoms with Gasteiger partial charge in [0.15, 0.2) is 0 Å². The summed E-state index contributed by atoms with van der Waals surface area (Å²) in [5.74, 6) is 1.16. The van der Waals surface area contributed by atoms with Gasteiger partial charge < -0.3 is 10.2 Å². The van der Waals surface area contributed by atoms with Crippen molar-refractivity contribution < 1.29 is 15.0 Å². The van der Waals surface area contributed by atoms with E-state index in [0.717, 1.165) is 44.3 Å². The zero-order valence-corrected chi connectivity index (χ0v) is 15.9. The molecule has 1 heterocycles. The van der Waals surface area contributed by atoms with Gasteiger partial charge in [-0.1, -0.05) is 20.4 Å². The van der Waals surface area contributed by atoms with E-state index >= 15 is 0 Å². The van der Waals surface area contributed by atoms with E-state index in [2.05, 4.69) is 25.3 Å². The first-order valence-electron chi connectivity index (χ1n) is 10.6. The van der Waals surface area contributed by atoms with Crippen molar-refractivity contribution in [2.24, 2.45) is 39.9 Å². The third kappa shape index (κ3) is 1.33. The molecule has 6 rings (SSSR count). The molecular weight excluding hydrogens is 326 g/mol. The first-order valence-corrected chi connectivity index (χ1v) is 10.6. The van der Waals surface area contributed by atoms with Crippen LogP contribution in [0.2, 0.25) is 0 Å². The molecule has 6 unspecified atom stereocenters. The van der Waals surface area contributed by atoms with Gasteiger partial charge in [0.25, 0.3) is 0 Å². The molecule has 4 nitrogen and oxygen atoms in total. The molecule has 2 spiro atoms. The molecule has 26 heavy (non-hydrogen) atoms. The fraction of sp³-hybridized carbons (Fsp3) is 0.864. The van der Waals surface area contributed by atoms with Crippen LogP contribution in [-0.2, 0) is 4.79 Å². The minimum Gasteiger partial charge on any atom is -0.392 e. The number of nitrogens with zero attached hydrogens (tertiary/aromatic N) is 1. The van der Waals surface area contributed by atoms with Gasteiger partial charge in [-0.25, -0.2) is 0 Å². The number of Topliss-reactive ketones (excluding diaryl/α,β-unsaturated/α-hetero) is 1. The molecule has 7 bridgehead atoms. The molecule has 2 N–H and O–H groups in total. The second kappa shape index (κ2) is 4.47. The highest BCUT2D eigenvalue weighted by Crippen LogP contribution is 2.83. The van der Waals surface area contributed by atoms with Gasteiger partial charge in [-0.2, -0.15) is 0 Å². The van der Waals surface area contributed by atoms with Gasteiger partial charge in [0.1, 0.15) is 5.78 Å². The number of ketones is 1. The Kier molecular flexibility index (Phi) is 2.80. The highest BCUT2D eigenvalue weighted by atomic mass is 16.3. The van der Waals surface area contributed by atoms with Gasteiger partial charge in [-0.05, 0) is 61.0 Å². The molecule has 6 fully saturated rings. The zero-order chi connectivity index (χ0) is 18.2. The molecule has 142 valence electrons. The highest BCUT2D eigenvalue weighted by molar-refractivity contribution is 5.87. The monoisotopic (exact) mass is 357 g/mol. The average molecular weight is 357 g/mol. The maximum atomic E-state index is 13.0. The van der Waals surface area contributed by atoms with E-state index in [1.54, 1.807) is 0 Å². The molecule has 10 atom stereocenters. The van der Waals surface area contributed by atoms with Gasteiger partial charge in [-0.3, -0.25) is 9.69 Å². The Labute approximate surface area is 155 Å². The smallest absolute Gasteiger partial charge is 0.140 e. The van der Waals surface area contributed by atoms with Crippen molar-refractivity contribution in [3.05, 3.63) is 12.2 Å². The van der Waals surface area contributed by atoms with E-state index in [9.17, 15) is 15.0 Å². The van der Waals surface area contributed by atoms with Crippen LogP contribution in [0, 0.1) is 39.9 Å². The summed E-state index contributed by atoms with van der Waals surface area (Å²) in [6.45, 7) is 10.9. The van der Waals surface area contributed by atoms with Gasteiger partial charge in [-0.15, -0.1) is 0 Å². The number of aliphatic hydroxyl groups excluding tert-OH is 2. The second-order valence-electron chi connectivity index (χ2n) is 10.7. The Morgan fingerprint density at radius 1 is 1.31 bits per heavy atom. The maximum absolute atomic E-state index is 13.0. The number of piperidine rings is 1. The van der Waals surface area contributed by atoms with E-state index in [-0.39, 0.29) is 40.0 Å². The summed E-state index contributed by atoms with van der Waals surface area (Å²) in [5, 5.41) is 22.8. The van der Waals surface area contributed by atoms with Crippen molar-refractivity contribution in [3.8, 4) is 0 Å². The molecule has 5 saturated carbocycles. The number of hydrogen-bond acceptors (Lipinski definition) is 4. The van der Waals surface area contributed by atoms with Crippen LogP contribution in [0.1, 0.15) is 46.0 Å². The minimum atomic E-state index is -0.561. The molecule has 0 aromatic heterocycles. The third-order valence-electron chi connectivity index (χ3n) is 10.4. The largest absolute Gasteiger partial charge is 0.392 e. The van der Waals surface area contributed by atoms with E-state index in [1.165, 1.54) is 0 Å². The van der Waals surface area contributed by atoms with E-state index < -0.39 is 6.10 Å². The normalized spacial score (nSPS) is 62.7. The molecule has 0 radical (unpaired) electrons. The standard InChI is InChI=1S/C22H31NO3/c1-4-23-10-20(3)6-5-17(25)22-15(20)7-13(18(22)23)21-9-12(11(2)19(21)26)14(24)8-16(21)22/h12-13,15-19,25-26H,2,4-10H2,1,3H3/t12-,13?,15?,16?,17?,18+,19+,20-,21?,22?/m0/s1. The summed E-state index contributed by atoms with van der Waals surface area (Å²) in [5.41, 5.74) is 0.598. The summed E-state index contributed by atoms with van der Waals surface area (Å²) >= 11 is 0. The van der Waals surface area contributed by atoms with Crippen LogP contribution in [0.25, 0.3) is 0 Å². The molecule has 0 aromatic carbocycles. The quantitative estimate of drug-likeness (QED) is 0.705. The predicted octanol–water partition coefficient (Wildman–Crippen LogP) is 2.00. The van der Waals surface area contributed by atoms with Crippen LogP contribution >= 0.6 is 0 Å². The fourth-order valence-corrected chi connectivity index (χ4v) is 9.75. The van der Waals surface area contributed by atoms with Crippen LogP contribution in [0.3, 0.4) is 0 Å². The Bertz CT molecular complexity index is 735. The van der Waals surface area contributed by atoms with E-state index in [0.29, 0.717) is 24.3 Å². The van der Waals surface area contributed by atoms with Crippen molar-refractivity contribution >= 4 is 5.78 Å². The number of aliphatic hydroxyl groups is 2. The Hall–Kier alpha value is -0.710. The molecule has 0 aromatic rings. The van der Waals surface area contributed by atoms with Crippen molar-refractivity contribution in [2.75, 3.05) is 13.1 Å². The SMILES string of the molecule is C=C1[C@@H]2CC3(C4CC5C6(C(O)CC[C@@]5(C)CN(CC)[C@H]46)C3CC2=O)[C@@H]1O. The molecule has 4 heteroatoms. The summed E-state index contributed by atoms with van der Waals surface area (Å²) in [4.78, 5) is 15.6. The van der Waals surface area contributed by atoms with Gasteiger partial charge >= 0.3 is 0 Å². The first kappa shape index (κ1) is 16.3. The van der Waals surface area contributed by atoms with E-state index in [4.69, 9.17) is 0 Å². The summed E-state index contributed by atoms with van der Waals surface area (Å²) < 4.78 is 0. The highest BCUT2D eigenvalue weighted by Gasteiger charge is 2.85. The number of likely N-dealkylation sites (tertiary alicyclic amines) is 1. The lowest BCUT2D eigenvalue weighted by Gasteiger charge is -2.65. The van der Waals surface area contributed by atoms with Crippen LogP contribution in [0.4, 0.5) is 0 Å². The van der Waals surface area contributed by atoms with Gasteiger partial charge in [0, 0.05) is 35.8 Å². The average Bonchev–Trinajstić information content (AvgIpc) is 3.14.